The van der Waals surface area contributed by atoms with Crippen LogP contribution in [0.15, 0.2) is 58.1 Å². The van der Waals surface area contributed by atoms with Gasteiger partial charge in [0.1, 0.15) is 0 Å². The molecule has 0 aliphatic heterocycles. The van der Waals surface area contributed by atoms with Crippen LogP contribution >= 0.6 is 0 Å². The largest absolute Gasteiger partial charge is 0.378 e. The number of benzene rings is 2. The van der Waals surface area contributed by atoms with Crippen LogP contribution in [0.4, 0.5) is 5.69 Å². The molecule has 0 aliphatic rings. The fourth-order valence-corrected chi connectivity index (χ4v) is 3.16. The third kappa shape index (κ3) is 2.87. The molecule has 2 heterocycles. The van der Waals surface area contributed by atoms with Crippen LogP contribution in [0.2, 0.25) is 0 Å². The average Bonchev–Trinajstić information content (AvgIpc) is 2.67. The van der Waals surface area contributed by atoms with Crippen molar-refractivity contribution in [1.29, 1.82) is 0 Å². The van der Waals surface area contributed by atoms with Crippen LogP contribution < -0.4 is 16.1 Å². The van der Waals surface area contributed by atoms with E-state index in [-0.39, 0.29) is 11.2 Å². The lowest BCUT2D eigenvalue weighted by molar-refractivity contribution is 0.583. The van der Waals surface area contributed by atoms with E-state index in [1.54, 1.807) is 0 Å². The molecule has 27 heavy (non-hydrogen) atoms. The van der Waals surface area contributed by atoms with Crippen molar-refractivity contribution in [3.05, 3.63) is 74.9 Å². The number of hydrogen-bond donors (Lipinski definition) is 1. The first-order chi connectivity index (χ1) is 13.0. The van der Waals surface area contributed by atoms with E-state index in [1.165, 1.54) is 4.57 Å². The number of nitrogens with zero attached hydrogens (tertiary/aromatic N) is 4. The second-order valence-corrected chi connectivity index (χ2v) is 6.68. The summed E-state index contributed by atoms with van der Waals surface area (Å²) in [4.78, 5) is 39.2. The summed E-state index contributed by atoms with van der Waals surface area (Å²) >= 11 is 0. The lowest BCUT2D eigenvalue weighted by Gasteiger charge is -2.15. The molecule has 7 nitrogen and oxygen atoms in total. The Morgan fingerprint density at radius 1 is 1.00 bits per heavy atom. The molecule has 136 valence electrons. The molecule has 4 rings (SSSR count). The molecule has 1 atom stereocenters. The van der Waals surface area contributed by atoms with Gasteiger partial charge in [-0.3, -0.25) is 14.3 Å². The van der Waals surface area contributed by atoms with Gasteiger partial charge < -0.3 is 4.90 Å². The van der Waals surface area contributed by atoms with Crippen molar-refractivity contribution in [3.8, 4) is 0 Å². The second kappa shape index (κ2) is 6.35. The van der Waals surface area contributed by atoms with E-state index in [2.05, 4.69) is 15.0 Å². The smallest absolute Gasteiger partial charge is 0.330 e. The number of rotatable bonds is 3. The summed E-state index contributed by atoms with van der Waals surface area (Å²) in [6, 6.07) is 14.6. The summed E-state index contributed by atoms with van der Waals surface area (Å²) < 4.78 is 1.19. The molecular weight excluding hydrogens is 342 g/mol. The highest BCUT2D eigenvalue weighted by Gasteiger charge is 2.17. The first-order valence-electron chi connectivity index (χ1n) is 8.64. The third-order valence-electron chi connectivity index (χ3n) is 4.70. The highest BCUT2D eigenvalue weighted by molar-refractivity contribution is 5.86. The van der Waals surface area contributed by atoms with Gasteiger partial charge in [0, 0.05) is 19.8 Å². The summed E-state index contributed by atoms with van der Waals surface area (Å²) in [5.74, 6) is 0. The van der Waals surface area contributed by atoms with Gasteiger partial charge in [-0.2, -0.15) is 0 Å². The van der Waals surface area contributed by atoms with Crippen LogP contribution in [0.25, 0.3) is 22.2 Å². The van der Waals surface area contributed by atoms with Gasteiger partial charge >= 0.3 is 5.69 Å². The summed E-state index contributed by atoms with van der Waals surface area (Å²) in [6.07, 6.45) is 0. The normalized spacial score (nSPS) is 12.4. The van der Waals surface area contributed by atoms with E-state index in [0.29, 0.717) is 11.0 Å². The standard InChI is InChI=1S/C20H19N5O2/c1-12(13-7-5-4-6-8-13)25-19(26)17-18(23-20(25)27)22-16-11-14(24(2)3)9-10-15(16)21-17/h4-12H,1-3H3,(H,22,23,27)/t12-/m1/s1. The summed E-state index contributed by atoms with van der Waals surface area (Å²) in [7, 11) is 3.86. The Morgan fingerprint density at radius 3 is 2.44 bits per heavy atom. The maximum absolute atomic E-state index is 13.0. The van der Waals surface area contributed by atoms with E-state index in [4.69, 9.17) is 0 Å². The zero-order chi connectivity index (χ0) is 19.1. The van der Waals surface area contributed by atoms with E-state index in [9.17, 15) is 9.59 Å². The summed E-state index contributed by atoms with van der Waals surface area (Å²) in [6.45, 7) is 1.82. The van der Waals surface area contributed by atoms with Crippen LogP contribution in [0.1, 0.15) is 18.5 Å². The Kier molecular flexibility index (Phi) is 3.99. The molecule has 4 aromatic rings. The number of aromatic nitrogens is 4. The van der Waals surface area contributed by atoms with Crippen molar-refractivity contribution in [2.45, 2.75) is 13.0 Å². The monoisotopic (exact) mass is 361 g/mol. The fourth-order valence-electron chi connectivity index (χ4n) is 3.16. The zero-order valence-corrected chi connectivity index (χ0v) is 15.3. The molecular formula is C20H19N5O2. The Hall–Kier alpha value is -3.48. The molecule has 7 heteroatoms. The predicted octanol–water partition coefficient (Wildman–Crippen LogP) is 2.31. The average molecular weight is 361 g/mol. The van der Waals surface area contributed by atoms with Crippen molar-refractivity contribution in [3.63, 3.8) is 0 Å². The molecule has 2 aromatic heterocycles. The second-order valence-electron chi connectivity index (χ2n) is 6.68. The Balaban J connectivity index is 1.96. The molecule has 0 saturated carbocycles. The molecule has 1 N–H and O–H groups in total. The van der Waals surface area contributed by atoms with Gasteiger partial charge in [-0.25, -0.2) is 14.8 Å². The molecule has 0 spiro atoms. The van der Waals surface area contributed by atoms with Gasteiger partial charge in [-0.05, 0) is 30.7 Å². The minimum absolute atomic E-state index is 0.155. The topological polar surface area (TPSA) is 83.9 Å². The van der Waals surface area contributed by atoms with Crippen LogP contribution in [-0.4, -0.2) is 33.6 Å². The van der Waals surface area contributed by atoms with E-state index in [1.807, 2.05) is 74.4 Å². The predicted molar refractivity (Wildman–Crippen MR) is 107 cm³/mol. The van der Waals surface area contributed by atoms with E-state index in [0.717, 1.165) is 11.3 Å². The number of hydrogen-bond acceptors (Lipinski definition) is 5. The van der Waals surface area contributed by atoms with Crippen LogP contribution in [0.5, 0.6) is 0 Å². The maximum atomic E-state index is 13.0. The number of anilines is 1. The van der Waals surface area contributed by atoms with Crippen molar-refractivity contribution in [2.75, 3.05) is 19.0 Å². The van der Waals surface area contributed by atoms with Crippen molar-refractivity contribution in [1.82, 2.24) is 19.5 Å². The number of nitrogens with one attached hydrogen (secondary N) is 1. The molecule has 2 aromatic carbocycles. The van der Waals surface area contributed by atoms with Crippen molar-refractivity contribution >= 4 is 27.9 Å². The SMILES string of the molecule is C[C@H](c1ccccc1)n1c(=O)[nH]c2nc3cc(N(C)C)ccc3nc2c1=O. The quantitative estimate of drug-likeness (QED) is 0.566. The van der Waals surface area contributed by atoms with Gasteiger partial charge in [-0.15, -0.1) is 0 Å². The van der Waals surface area contributed by atoms with Gasteiger partial charge in [0.15, 0.2) is 11.2 Å². The molecule has 0 saturated heterocycles. The maximum Gasteiger partial charge on any atom is 0.330 e. The summed E-state index contributed by atoms with van der Waals surface area (Å²) in [5, 5.41) is 0. The Labute approximate surface area is 154 Å². The molecule has 0 radical (unpaired) electrons. The number of fused-ring (bicyclic) bond motifs is 2. The highest BCUT2D eigenvalue weighted by Crippen LogP contribution is 2.20. The van der Waals surface area contributed by atoms with Crippen molar-refractivity contribution < 1.29 is 0 Å². The van der Waals surface area contributed by atoms with Crippen LogP contribution in [0.3, 0.4) is 0 Å². The lowest BCUT2D eigenvalue weighted by atomic mass is 10.1. The lowest BCUT2D eigenvalue weighted by Crippen LogP contribution is -2.38. The van der Waals surface area contributed by atoms with Gasteiger partial charge in [0.25, 0.3) is 5.56 Å². The van der Waals surface area contributed by atoms with E-state index < -0.39 is 17.3 Å². The van der Waals surface area contributed by atoms with Gasteiger partial charge in [0.2, 0.25) is 0 Å². The molecule has 0 amide bonds. The highest BCUT2D eigenvalue weighted by atomic mass is 16.2. The molecule has 0 unspecified atom stereocenters. The van der Waals surface area contributed by atoms with Crippen LogP contribution in [0, 0.1) is 0 Å². The minimum Gasteiger partial charge on any atom is -0.378 e. The zero-order valence-electron chi connectivity index (χ0n) is 15.3. The van der Waals surface area contributed by atoms with Gasteiger partial charge in [0.05, 0.1) is 17.1 Å². The fraction of sp³-hybridized carbons (Fsp3) is 0.200. The van der Waals surface area contributed by atoms with Crippen molar-refractivity contribution in [2.24, 2.45) is 0 Å². The minimum atomic E-state index is -0.499. The molecule has 0 aliphatic carbocycles. The first kappa shape index (κ1) is 17.0. The molecule has 0 fully saturated rings. The third-order valence-corrected chi connectivity index (χ3v) is 4.70. The number of aromatic amines is 1. The van der Waals surface area contributed by atoms with Gasteiger partial charge in [-0.1, -0.05) is 30.3 Å². The number of H-pyrrole nitrogens is 1. The van der Waals surface area contributed by atoms with Crippen LogP contribution in [-0.2, 0) is 0 Å². The van der Waals surface area contributed by atoms with E-state index >= 15 is 0 Å². The Bertz CT molecular complexity index is 1260. The Morgan fingerprint density at radius 2 is 1.74 bits per heavy atom. The first-order valence-corrected chi connectivity index (χ1v) is 8.64. The summed E-state index contributed by atoms with van der Waals surface area (Å²) in [5.41, 5.74) is 2.47. The molecule has 0 bridgehead atoms.